The molecule has 1 amide bonds. The van der Waals surface area contributed by atoms with E-state index in [1.807, 2.05) is 0 Å². The van der Waals surface area contributed by atoms with Gasteiger partial charge in [-0.1, -0.05) is 38.1 Å². The molecule has 1 atom stereocenters. The summed E-state index contributed by atoms with van der Waals surface area (Å²) in [4.78, 5) is 11.6. The van der Waals surface area contributed by atoms with E-state index in [0.717, 1.165) is 17.7 Å². The Morgan fingerprint density at radius 3 is 2.33 bits per heavy atom. The number of benzene rings is 1. The van der Waals surface area contributed by atoms with Gasteiger partial charge in [-0.2, -0.15) is 11.8 Å². The van der Waals surface area contributed by atoms with Gasteiger partial charge in [0, 0.05) is 19.0 Å². The van der Waals surface area contributed by atoms with E-state index in [2.05, 4.69) is 49.7 Å². The molecule has 0 aliphatic heterocycles. The van der Waals surface area contributed by atoms with Crippen LogP contribution in [0.2, 0.25) is 0 Å². The van der Waals surface area contributed by atoms with E-state index in [1.165, 1.54) is 5.56 Å². The zero-order valence-corrected chi connectivity index (χ0v) is 14.7. The Bertz CT molecular complexity index is 409. The Balaban J connectivity index is 0.00000400. The number of thioether (sulfide) groups is 1. The lowest BCUT2D eigenvalue weighted by Crippen LogP contribution is -2.31. The molecular weight excluding hydrogens is 304 g/mol. The number of carbonyl (C=O) groups excluding carboxylic acids is 1. The van der Waals surface area contributed by atoms with Gasteiger partial charge in [-0.05, 0) is 35.5 Å². The Morgan fingerprint density at radius 2 is 1.81 bits per heavy atom. The Kier molecular flexibility index (Phi) is 10.6. The number of hydrogen-bond acceptors (Lipinski definition) is 3. The van der Waals surface area contributed by atoms with Crippen molar-refractivity contribution in [2.24, 2.45) is 5.73 Å². The first kappa shape index (κ1) is 20.3. The molecule has 0 aliphatic rings. The maximum atomic E-state index is 11.6. The summed E-state index contributed by atoms with van der Waals surface area (Å²) in [7, 11) is 0. The normalized spacial score (nSPS) is 11.9. The van der Waals surface area contributed by atoms with Gasteiger partial charge >= 0.3 is 0 Å². The molecular formula is C16H27ClN2OS. The first-order chi connectivity index (χ1) is 9.54. The molecule has 1 aromatic carbocycles. The van der Waals surface area contributed by atoms with Crippen molar-refractivity contribution in [2.45, 2.75) is 38.6 Å². The second-order valence-corrected chi connectivity index (χ2v) is 6.31. The van der Waals surface area contributed by atoms with Crippen LogP contribution in [-0.2, 0) is 4.79 Å². The molecule has 1 unspecified atom stereocenters. The third-order valence-electron chi connectivity index (χ3n) is 3.30. The van der Waals surface area contributed by atoms with Crippen LogP contribution < -0.4 is 11.1 Å². The van der Waals surface area contributed by atoms with Crippen LogP contribution in [0.3, 0.4) is 0 Å². The molecule has 1 aromatic rings. The SMILES string of the molecule is CSCCCC(=O)NCC(N)c1ccc(C(C)C)cc1.Cl. The Hall–Kier alpha value is -0.710. The largest absolute Gasteiger partial charge is 0.354 e. The van der Waals surface area contributed by atoms with Gasteiger partial charge in [0.05, 0.1) is 0 Å². The van der Waals surface area contributed by atoms with Crippen LogP contribution in [0.4, 0.5) is 0 Å². The minimum atomic E-state index is -0.138. The average molecular weight is 331 g/mol. The van der Waals surface area contributed by atoms with Crippen molar-refractivity contribution in [3.63, 3.8) is 0 Å². The Morgan fingerprint density at radius 1 is 1.24 bits per heavy atom. The van der Waals surface area contributed by atoms with E-state index in [0.29, 0.717) is 18.9 Å². The summed E-state index contributed by atoms with van der Waals surface area (Å²) in [5.41, 5.74) is 8.48. The highest BCUT2D eigenvalue weighted by Gasteiger charge is 2.08. The fourth-order valence-electron chi connectivity index (χ4n) is 1.94. The third kappa shape index (κ3) is 7.74. The summed E-state index contributed by atoms with van der Waals surface area (Å²) in [6.45, 7) is 4.84. The van der Waals surface area contributed by atoms with E-state index in [1.54, 1.807) is 11.8 Å². The lowest BCUT2D eigenvalue weighted by atomic mass is 9.99. The number of amides is 1. The highest BCUT2D eigenvalue weighted by molar-refractivity contribution is 7.98. The van der Waals surface area contributed by atoms with Crippen LogP contribution in [0.5, 0.6) is 0 Å². The molecule has 0 bridgehead atoms. The first-order valence-electron chi connectivity index (χ1n) is 7.15. The molecule has 120 valence electrons. The maximum Gasteiger partial charge on any atom is 0.220 e. The lowest BCUT2D eigenvalue weighted by molar-refractivity contribution is -0.121. The first-order valence-corrected chi connectivity index (χ1v) is 8.55. The maximum absolute atomic E-state index is 11.6. The standard InChI is InChI=1S/C16H26N2OS.ClH/c1-12(2)13-6-8-14(9-7-13)15(17)11-18-16(19)5-4-10-20-3;/h6-9,12,15H,4-5,10-11,17H2,1-3H3,(H,18,19);1H. The summed E-state index contributed by atoms with van der Waals surface area (Å²) in [5.74, 6) is 1.64. The van der Waals surface area contributed by atoms with Gasteiger partial charge in [-0.25, -0.2) is 0 Å². The van der Waals surface area contributed by atoms with Crippen molar-refractivity contribution in [3.8, 4) is 0 Å². The summed E-state index contributed by atoms with van der Waals surface area (Å²) in [6.07, 6.45) is 3.56. The zero-order valence-electron chi connectivity index (χ0n) is 13.1. The van der Waals surface area contributed by atoms with Crippen LogP contribution >= 0.6 is 24.2 Å². The van der Waals surface area contributed by atoms with Crippen molar-refractivity contribution in [2.75, 3.05) is 18.6 Å². The Labute approximate surface area is 138 Å². The van der Waals surface area contributed by atoms with E-state index in [4.69, 9.17) is 5.73 Å². The summed E-state index contributed by atoms with van der Waals surface area (Å²) in [5, 5.41) is 2.90. The van der Waals surface area contributed by atoms with E-state index < -0.39 is 0 Å². The molecule has 3 nitrogen and oxygen atoms in total. The highest BCUT2D eigenvalue weighted by atomic mass is 35.5. The molecule has 5 heteroatoms. The fraction of sp³-hybridized carbons (Fsp3) is 0.562. The highest BCUT2D eigenvalue weighted by Crippen LogP contribution is 2.17. The van der Waals surface area contributed by atoms with E-state index in [-0.39, 0.29) is 24.4 Å². The number of nitrogens with one attached hydrogen (secondary N) is 1. The number of rotatable bonds is 8. The van der Waals surface area contributed by atoms with Crippen LogP contribution in [0.15, 0.2) is 24.3 Å². The minimum Gasteiger partial charge on any atom is -0.354 e. The van der Waals surface area contributed by atoms with E-state index in [9.17, 15) is 4.79 Å². The summed E-state index contributed by atoms with van der Waals surface area (Å²) >= 11 is 1.76. The predicted molar refractivity (Wildman–Crippen MR) is 95.3 cm³/mol. The summed E-state index contributed by atoms with van der Waals surface area (Å²) in [6, 6.07) is 8.20. The van der Waals surface area contributed by atoms with Gasteiger partial charge in [-0.3, -0.25) is 4.79 Å². The van der Waals surface area contributed by atoms with Crippen LogP contribution in [0.25, 0.3) is 0 Å². The van der Waals surface area contributed by atoms with Gasteiger partial charge in [0.2, 0.25) is 5.91 Å². The van der Waals surface area contributed by atoms with Gasteiger partial charge in [0.1, 0.15) is 0 Å². The fourth-order valence-corrected chi connectivity index (χ4v) is 2.37. The molecule has 0 radical (unpaired) electrons. The molecule has 0 saturated carbocycles. The topological polar surface area (TPSA) is 55.1 Å². The van der Waals surface area contributed by atoms with Crippen molar-refractivity contribution < 1.29 is 4.79 Å². The molecule has 0 saturated heterocycles. The molecule has 0 heterocycles. The molecule has 0 aromatic heterocycles. The molecule has 21 heavy (non-hydrogen) atoms. The molecule has 0 spiro atoms. The third-order valence-corrected chi connectivity index (χ3v) is 4.00. The molecule has 3 N–H and O–H groups in total. The molecule has 0 aliphatic carbocycles. The van der Waals surface area contributed by atoms with Crippen molar-refractivity contribution >= 4 is 30.1 Å². The lowest BCUT2D eigenvalue weighted by Gasteiger charge is -2.14. The predicted octanol–water partition coefficient (Wildman–Crippen LogP) is 3.49. The van der Waals surface area contributed by atoms with E-state index >= 15 is 0 Å². The van der Waals surface area contributed by atoms with Crippen LogP contribution in [-0.4, -0.2) is 24.5 Å². The quantitative estimate of drug-likeness (QED) is 0.717. The zero-order chi connectivity index (χ0) is 15.0. The van der Waals surface area contributed by atoms with Gasteiger partial charge in [0.15, 0.2) is 0 Å². The second-order valence-electron chi connectivity index (χ2n) is 5.33. The van der Waals surface area contributed by atoms with Crippen LogP contribution in [0, 0.1) is 0 Å². The number of nitrogens with two attached hydrogens (primary N) is 1. The number of hydrogen-bond donors (Lipinski definition) is 2. The average Bonchev–Trinajstić information content (AvgIpc) is 2.45. The van der Waals surface area contributed by atoms with Crippen LogP contribution in [0.1, 0.15) is 49.8 Å². The number of halogens is 1. The van der Waals surface area contributed by atoms with Crippen molar-refractivity contribution in [1.29, 1.82) is 0 Å². The van der Waals surface area contributed by atoms with Crippen molar-refractivity contribution in [1.82, 2.24) is 5.32 Å². The number of carbonyl (C=O) groups is 1. The minimum absolute atomic E-state index is 0. The molecule has 0 fully saturated rings. The van der Waals surface area contributed by atoms with Gasteiger partial charge < -0.3 is 11.1 Å². The molecule has 1 rings (SSSR count). The second kappa shape index (κ2) is 10.9. The van der Waals surface area contributed by atoms with Gasteiger partial charge in [-0.15, -0.1) is 12.4 Å². The van der Waals surface area contributed by atoms with Crippen molar-refractivity contribution in [3.05, 3.63) is 35.4 Å². The smallest absolute Gasteiger partial charge is 0.220 e. The monoisotopic (exact) mass is 330 g/mol. The van der Waals surface area contributed by atoms with Gasteiger partial charge in [0.25, 0.3) is 0 Å². The summed E-state index contributed by atoms with van der Waals surface area (Å²) < 4.78 is 0.